The fraction of sp³-hybridized carbons (Fsp3) is 0.261. The summed E-state index contributed by atoms with van der Waals surface area (Å²) in [4.78, 5) is 29.0. The molecule has 5 rings (SSSR count). The average molecular weight is 416 g/mol. The summed E-state index contributed by atoms with van der Waals surface area (Å²) in [5.74, 6) is 1.32. The quantitative estimate of drug-likeness (QED) is 0.683. The van der Waals surface area contributed by atoms with E-state index in [9.17, 15) is 9.59 Å². The van der Waals surface area contributed by atoms with Crippen molar-refractivity contribution in [2.75, 3.05) is 42.7 Å². The first-order valence-corrected chi connectivity index (χ1v) is 10.4. The van der Waals surface area contributed by atoms with Crippen LogP contribution in [0.5, 0.6) is 0 Å². The lowest BCUT2D eigenvalue weighted by Crippen LogP contribution is -2.34. The van der Waals surface area contributed by atoms with Crippen molar-refractivity contribution < 1.29 is 9.59 Å². The Bertz CT molecular complexity index is 1180. The number of hydrogen-bond donors (Lipinski definition) is 2. The standard InChI is InChI=1S/C23H24N6O2/c1-24-19-6-4-3-5-18(19)22(30)25-20-14-21-28(11-12-29(21)26-20)16-7-8-17-15(13-16)9-10-27(2)23(17)31/h3-8,13-14,24H,9-12H2,1-2H3,(H,25,26,30). The molecule has 3 heterocycles. The number of para-hydroxylation sites is 1. The smallest absolute Gasteiger partial charge is 0.258 e. The molecule has 2 aliphatic heterocycles. The van der Waals surface area contributed by atoms with Gasteiger partial charge in [0, 0.05) is 50.2 Å². The number of carbonyl (C=O) groups excluding carboxylic acids is 2. The highest BCUT2D eigenvalue weighted by Crippen LogP contribution is 2.34. The molecule has 0 unspecified atom stereocenters. The van der Waals surface area contributed by atoms with Crippen molar-refractivity contribution in [1.82, 2.24) is 14.7 Å². The second kappa shape index (κ2) is 7.46. The largest absolute Gasteiger partial charge is 0.387 e. The van der Waals surface area contributed by atoms with Gasteiger partial charge < -0.3 is 20.4 Å². The van der Waals surface area contributed by atoms with Gasteiger partial charge in [-0.2, -0.15) is 5.10 Å². The Kier molecular flexibility index (Phi) is 4.62. The van der Waals surface area contributed by atoms with Gasteiger partial charge in [0.1, 0.15) is 5.82 Å². The summed E-state index contributed by atoms with van der Waals surface area (Å²) in [6, 6.07) is 15.3. The van der Waals surface area contributed by atoms with Crippen molar-refractivity contribution in [2.45, 2.75) is 13.0 Å². The number of benzene rings is 2. The fourth-order valence-corrected chi connectivity index (χ4v) is 4.26. The molecule has 2 aromatic carbocycles. The number of carbonyl (C=O) groups is 2. The molecule has 8 heteroatoms. The van der Waals surface area contributed by atoms with Gasteiger partial charge in [-0.15, -0.1) is 0 Å². The normalized spacial score (nSPS) is 15.0. The Balaban J connectivity index is 1.39. The second-order valence-corrected chi connectivity index (χ2v) is 7.83. The van der Waals surface area contributed by atoms with E-state index in [1.54, 1.807) is 18.0 Å². The minimum atomic E-state index is -0.204. The highest BCUT2D eigenvalue weighted by atomic mass is 16.2. The first-order chi connectivity index (χ1) is 15.0. The summed E-state index contributed by atoms with van der Waals surface area (Å²) in [6.45, 7) is 2.26. The molecule has 158 valence electrons. The maximum absolute atomic E-state index is 12.7. The number of anilines is 4. The van der Waals surface area contributed by atoms with Crippen molar-refractivity contribution in [3.05, 3.63) is 65.2 Å². The molecule has 0 radical (unpaired) electrons. The Hall–Kier alpha value is -3.81. The number of amides is 2. The van der Waals surface area contributed by atoms with E-state index in [0.717, 1.165) is 54.4 Å². The monoisotopic (exact) mass is 416 g/mol. The molecule has 31 heavy (non-hydrogen) atoms. The molecule has 0 fully saturated rings. The lowest BCUT2D eigenvalue weighted by Gasteiger charge is -2.26. The van der Waals surface area contributed by atoms with E-state index in [1.165, 1.54) is 0 Å². The van der Waals surface area contributed by atoms with Crippen LogP contribution < -0.4 is 15.5 Å². The van der Waals surface area contributed by atoms with Crippen molar-refractivity contribution >= 4 is 34.8 Å². The Morgan fingerprint density at radius 2 is 1.90 bits per heavy atom. The van der Waals surface area contributed by atoms with Crippen molar-refractivity contribution in [1.29, 1.82) is 0 Å². The van der Waals surface area contributed by atoms with Crippen LogP contribution in [0.1, 0.15) is 26.3 Å². The van der Waals surface area contributed by atoms with Gasteiger partial charge in [0.2, 0.25) is 0 Å². The van der Waals surface area contributed by atoms with Gasteiger partial charge in [-0.3, -0.25) is 9.59 Å². The summed E-state index contributed by atoms with van der Waals surface area (Å²) in [5.41, 5.74) is 4.23. The number of nitrogens with one attached hydrogen (secondary N) is 2. The molecule has 3 aromatic rings. The van der Waals surface area contributed by atoms with Gasteiger partial charge in [-0.25, -0.2) is 4.68 Å². The zero-order valence-electron chi connectivity index (χ0n) is 17.6. The van der Waals surface area contributed by atoms with Crippen LogP contribution in [-0.4, -0.2) is 53.7 Å². The molecule has 1 aromatic heterocycles. The number of nitrogens with zero attached hydrogens (tertiary/aromatic N) is 4. The van der Waals surface area contributed by atoms with Gasteiger partial charge in [-0.1, -0.05) is 12.1 Å². The van der Waals surface area contributed by atoms with E-state index in [-0.39, 0.29) is 11.8 Å². The Morgan fingerprint density at radius 3 is 2.74 bits per heavy atom. The van der Waals surface area contributed by atoms with E-state index < -0.39 is 0 Å². The highest BCUT2D eigenvalue weighted by Gasteiger charge is 2.27. The van der Waals surface area contributed by atoms with E-state index in [2.05, 4.69) is 26.7 Å². The Labute approximate surface area is 180 Å². The van der Waals surface area contributed by atoms with Crippen molar-refractivity contribution in [2.24, 2.45) is 0 Å². The zero-order chi connectivity index (χ0) is 21.5. The second-order valence-electron chi connectivity index (χ2n) is 7.83. The third-order valence-corrected chi connectivity index (χ3v) is 5.95. The maximum atomic E-state index is 12.7. The first-order valence-electron chi connectivity index (χ1n) is 10.4. The number of rotatable bonds is 4. The number of hydrogen-bond acceptors (Lipinski definition) is 5. The molecule has 0 bridgehead atoms. The Morgan fingerprint density at radius 1 is 1.06 bits per heavy atom. The minimum absolute atomic E-state index is 0.0751. The van der Waals surface area contributed by atoms with Crippen LogP contribution in [0.3, 0.4) is 0 Å². The van der Waals surface area contributed by atoms with Gasteiger partial charge in [0.15, 0.2) is 5.82 Å². The molecule has 0 aliphatic carbocycles. The molecule has 0 spiro atoms. The SMILES string of the molecule is CNc1ccccc1C(=O)Nc1cc2n(n1)CCN2c1ccc2c(c1)CCN(C)C2=O. The summed E-state index contributed by atoms with van der Waals surface area (Å²) in [7, 11) is 3.63. The van der Waals surface area contributed by atoms with Crippen molar-refractivity contribution in [3.8, 4) is 0 Å². The predicted octanol–water partition coefficient (Wildman–Crippen LogP) is 2.96. The van der Waals surface area contributed by atoms with E-state index in [0.29, 0.717) is 11.4 Å². The predicted molar refractivity (Wildman–Crippen MR) is 120 cm³/mol. The fourth-order valence-electron chi connectivity index (χ4n) is 4.26. The topological polar surface area (TPSA) is 82.5 Å². The van der Waals surface area contributed by atoms with Crippen LogP contribution in [0.15, 0.2) is 48.5 Å². The summed E-state index contributed by atoms with van der Waals surface area (Å²) in [5, 5.41) is 10.5. The molecule has 2 N–H and O–H groups in total. The molecule has 2 amide bonds. The van der Waals surface area contributed by atoms with Crippen LogP contribution in [0, 0.1) is 0 Å². The zero-order valence-corrected chi connectivity index (χ0v) is 17.6. The maximum Gasteiger partial charge on any atom is 0.258 e. The number of aromatic nitrogens is 2. The van der Waals surface area contributed by atoms with E-state index in [1.807, 2.05) is 48.1 Å². The molecule has 2 aliphatic rings. The molecular weight excluding hydrogens is 392 g/mol. The summed E-state index contributed by atoms with van der Waals surface area (Å²) >= 11 is 0. The first kappa shape index (κ1) is 19.2. The third-order valence-electron chi connectivity index (χ3n) is 5.95. The van der Waals surface area contributed by atoms with Gasteiger partial charge in [0.05, 0.1) is 12.1 Å². The average Bonchev–Trinajstić information content (AvgIpc) is 3.36. The van der Waals surface area contributed by atoms with Crippen LogP contribution in [0.2, 0.25) is 0 Å². The van der Waals surface area contributed by atoms with Gasteiger partial charge >= 0.3 is 0 Å². The van der Waals surface area contributed by atoms with Crippen LogP contribution in [-0.2, 0) is 13.0 Å². The minimum Gasteiger partial charge on any atom is -0.387 e. The van der Waals surface area contributed by atoms with E-state index in [4.69, 9.17) is 0 Å². The number of likely N-dealkylation sites (N-methyl/N-ethyl adjacent to an activating group) is 1. The van der Waals surface area contributed by atoms with Crippen LogP contribution >= 0.6 is 0 Å². The lowest BCUT2D eigenvalue weighted by molar-refractivity contribution is 0.0780. The van der Waals surface area contributed by atoms with Crippen LogP contribution in [0.4, 0.5) is 23.0 Å². The van der Waals surface area contributed by atoms with E-state index >= 15 is 0 Å². The van der Waals surface area contributed by atoms with Gasteiger partial charge in [-0.05, 0) is 42.3 Å². The molecule has 8 nitrogen and oxygen atoms in total. The van der Waals surface area contributed by atoms with Crippen molar-refractivity contribution in [3.63, 3.8) is 0 Å². The molecule has 0 atom stereocenters. The summed E-state index contributed by atoms with van der Waals surface area (Å²) < 4.78 is 1.90. The van der Waals surface area contributed by atoms with Gasteiger partial charge in [0.25, 0.3) is 11.8 Å². The molecule has 0 saturated heterocycles. The highest BCUT2D eigenvalue weighted by molar-refractivity contribution is 6.07. The summed E-state index contributed by atoms with van der Waals surface area (Å²) in [6.07, 6.45) is 0.852. The molecular formula is C23H24N6O2. The molecule has 0 saturated carbocycles. The third kappa shape index (κ3) is 3.30. The van der Waals surface area contributed by atoms with Crippen LogP contribution in [0.25, 0.3) is 0 Å². The number of fused-ring (bicyclic) bond motifs is 2. The lowest BCUT2D eigenvalue weighted by atomic mass is 9.98.